The van der Waals surface area contributed by atoms with Gasteiger partial charge in [-0.3, -0.25) is 34.2 Å². The molecule has 1 atom stereocenters. The summed E-state index contributed by atoms with van der Waals surface area (Å²) in [6.07, 6.45) is 0.132. The Morgan fingerprint density at radius 3 is 2.29 bits per heavy atom. The van der Waals surface area contributed by atoms with E-state index < -0.39 is 29.7 Å². The summed E-state index contributed by atoms with van der Waals surface area (Å²) >= 11 is 0. The number of benzene rings is 4. The fourth-order valence-corrected chi connectivity index (χ4v) is 5.26. The number of carbonyl (C=O) groups excluding carboxylic acids is 5. The van der Waals surface area contributed by atoms with E-state index in [1.165, 1.54) is 0 Å². The third-order valence-electron chi connectivity index (χ3n) is 7.59. The van der Waals surface area contributed by atoms with E-state index >= 15 is 0 Å². The summed E-state index contributed by atoms with van der Waals surface area (Å²) in [5, 5.41) is 8.30. The fraction of sp³-hybridized carbons (Fsp3) is 0.147. The first-order chi connectivity index (χ1) is 21.8. The van der Waals surface area contributed by atoms with Crippen molar-refractivity contribution in [2.45, 2.75) is 25.4 Å². The number of methoxy groups -OCH3 is 1. The Labute approximate surface area is 258 Å². The van der Waals surface area contributed by atoms with E-state index in [-0.39, 0.29) is 29.9 Å². The van der Waals surface area contributed by atoms with Gasteiger partial charge < -0.3 is 20.1 Å². The molecule has 4 aromatic rings. The minimum absolute atomic E-state index is 0.0485. The average molecular weight is 605 g/mol. The number of imide groups is 2. The molecule has 6 rings (SSSR count). The molecule has 2 aliphatic heterocycles. The molecule has 2 heterocycles. The van der Waals surface area contributed by atoms with Gasteiger partial charge in [-0.15, -0.1) is 0 Å². The number of hydrogen-bond acceptors (Lipinski definition) is 8. The number of nitrogens with one attached hydrogen (secondary N) is 3. The van der Waals surface area contributed by atoms with E-state index in [0.29, 0.717) is 40.7 Å². The van der Waals surface area contributed by atoms with E-state index in [1.807, 2.05) is 6.07 Å². The second kappa shape index (κ2) is 12.3. The number of ether oxygens (including phenoxy) is 2. The Kier molecular flexibility index (Phi) is 7.98. The van der Waals surface area contributed by atoms with Gasteiger partial charge in [-0.05, 0) is 72.6 Å². The zero-order valence-corrected chi connectivity index (χ0v) is 24.2. The third-order valence-corrected chi connectivity index (χ3v) is 7.59. The van der Waals surface area contributed by atoms with Crippen molar-refractivity contribution in [3.8, 4) is 17.2 Å². The van der Waals surface area contributed by atoms with Crippen LogP contribution in [0, 0.1) is 0 Å². The van der Waals surface area contributed by atoms with Gasteiger partial charge in [0, 0.05) is 24.2 Å². The van der Waals surface area contributed by atoms with Crippen LogP contribution in [0.5, 0.6) is 17.2 Å². The Hall–Kier alpha value is -5.97. The number of rotatable bonds is 9. The lowest BCUT2D eigenvalue weighted by Crippen LogP contribution is -2.54. The molecule has 0 aromatic heterocycles. The highest BCUT2D eigenvalue weighted by molar-refractivity contribution is 6.25. The summed E-state index contributed by atoms with van der Waals surface area (Å²) in [5.74, 6) is -0.788. The Balaban J connectivity index is 1.11. The average Bonchev–Trinajstić information content (AvgIpc) is 3.31. The molecule has 1 unspecified atom stereocenters. The number of piperidine rings is 1. The van der Waals surface area contributed by atoms with Crippen molar-refractivity contribution in [3.63, 3.8) is 0 Å². The quantitative estimate of drug-likeness (QED) is 0.232. The van der Waals surface area contributed by atoms with E-state index in [2.05, 4.69) is 16.0 Å². The molecule has 0 radical (unpaired) electrons. The maximum absolute atomic E-state index is 13.3. The maximum Gasteiger partial charge on any atom is 0.264 e. The number of amides is 5. The SMILES string of the molecule is COc1ccc(Oc2ccccc2NC(=O)c2ccc(CNc3cccc4c3C(=O)N(C3CCC(=O)NC3=O)C4=O)cc2)cc1. The predicted molar refractivity (Wildman–Crippen MR) is 164 cm³/mol. The second-order valence-corrected chi connectivity index (χ2v) is 10.5. The van der Waals surface area contributed by atoms with Gasteiger partial charge in [-0.1, -0.05) is 30.3 Å². The summed E-state index contributed by atoms with van der Waals surface area (Å²) in [6, 6.07) is 25.0. The smallest absolute Gasteiger partial charge is 0.264 e. The van der Waals surface area contributed by atoms with Gasteiger partial charge in [-0.25, -0.2) is 0 Å². The van der Waals surface area contributed by atoms with E-state index in [0.717, 1.165) is 10.5 Å². The van der Waals surface area contributed by atoms with E-state index in [9.17, 15) is 24.0 Å². The number of hydrogen-bond donors (Lipinski definition) is 3. The monoisotopic (exact) mass is 604 g/mol. The molecule has 226 valence electrons. The topological polar surface area (TPSA) is 143 Å². The molecule has 11 heteroatoms. The normalized spacial score (nSPS) is 15.8. The molecule has 0 bridgehead atoms. The van der Waals surface area contributed by atoms with Crippen LogP contribution < -0.4 is 25.4 Å². The number of para-hydroxylation sites is 2. The first kappa shape index (κ1) is 29.1. The molecule has 2 aliphatic rings. The Morgan fingerprint density at radius 2 is 1.56 bits per heavy atom. The predicted octanol–water partition coefficient (Wildman–Crippen LogP) is 4.75. The lowest BCUT2D eigenvalue weighted by molar-refractivity contribution is -0.136. The molecule has 4 aromatic carbocycles. The first-order valence-corrected chi connectivity index (χ1v) is 14.2. The standard InChI is InChI=1S/C34H28N4O7/c1-44-22-13-15-23(16-14-22)45-28-8-3-2-6-25(28)36-31(40)21-11-9-20(10-12-21)19-35-26-7-4-5-24-30(26)34(43)38(33(24)42)27-17-18-29(39)37-32(27)41/h2-16,27,35H,17-19H2,1H3,(H,36,40)(H,37,39,41). The van der Waals surface area contributed by atoms with Crippen molar-refractivity contribution in [3.05, 3.63) is 113 Å². The summed E-state index contributed by atoms with van der Waals surface area (Å²) in [7, 11) is 1.59. The van der Waals surface area contributed by atoms with Crippen molar-refractivity contribution in [2.75, 3.05) is 17.7 Å². The van der Waals surface area contributed by atoms with Crippen LogP contribution in [0.25, 0.3) is 0 Å². The summed E-state index contributed by atoms with van der Waals surface area (Å²) in [4.78, 5) is 64.4. The maximum atomic E-state index is 13.3. The largest absolute Gasteiger partial charge is 0.497 e. The van der Waals surface area contributed by atoms with Gasteiger partial charge in [0.2, 0.25) is 11.8 Å². The Bertz CT molecular complexity index is 1820. The summed E-state index contributed by atoms with van der Waals surface area (Å²) < 4.78 is 11.2. The van der Waals surface area contributed by atoms with Crippen molar-refractivity contribution in [1.82, 2.24) is 10.2 Å². The molecule has 1 fully saturated rings. The number of anilines is 2. The van der Waals surface area contributed by atoms with Crippen molar-refractivity contribution >= 4 is 40.9 Å². The Morgan fingerprint density at radius 1 is 0.844 bits per heavy atom. The van der Waals surface area contributed by atoms with Crippen molar-refractivity contribution < 1.29 is 33.4 Å². The highest BCUT2D eigenvalue weighted by Gasteiger charge is 2.45. The molecular weight excluding hydrogens is 576 g/mol. The zero-order chi connectivity index (χ0) is 31.5. The van der Waals surface area contributed by atoms with Crippen molar-refractivity contribution in [1.29, 1.82) is 0 Å². The minimum atomic E-state index is -1.04. The minimum Gasteiger partial charge on any atom is -0.497 e. The van der Waals surface area contributed by atoms with Gasteiger partial charge in [0.05, 0.1) is 23.9 Å². The van der Waals surface area contributed by atoms with Gasteiger partial charge in [-0.2, -0.15) is 0 Å². The van der Waals surface area contributed by atoms with Crippen LogP contribution >= 0.6 is 0 Å². The molecular formula is C34H28N4O7. The van der Waals surface area contributed by atoms with Gasteiger partial charge in [0.1, 0.15) is 17.5 Å². The zero-order valence-electron chi connectivity index (χ0n) is 24.2. The van der Waals surface area contributed by atoms with Crippen LogP contribution in [-0.4, -0.2) is 47.6 Å². The van der Waals surface area contributed by atoms with Crippen LogP contribution in [0.2, 0.25) is 0 Å². The first-order valence-electron chi connectivity index (χ1n) is 14.2. The highest BCUT2D eigenvalue weighted by Crippen LogP contribution is 2.33. The van der Waals surface area contributed by atoms with Crippen LogP contribution in [0.3, 0.4) is 0 Å². The molecule has 5 amide bonds. The second-order valence-electron chi connectivity index (χ2n) is 10.5. The van der Waals surface area contributed by atoms with Gasteiger partial charge in [0.25, 0.3) is 17.7 Å². The number of nitrogens with zero attached hydrogens (tertiary/aromatic N) is 1. The number of fused-ring (bicyclic) bond motifs is 1. The van der Waals surface area contributed by atoms with Crippen LogP contribution in [0.1, 0.15) is 49.5 Å². The van der Waals surface area contributed by atoms with E-state index in [1.54, 1.807) is 92.0 Å². The van der Waals surface area contributed by atoms with Crippen LogP contribution in [0.15, 0.2) is 91.0 Å². The lowest BCUT2D eigenvalue weighted by atomic mass is 10.0. The van der Waals surface area contributed by atoms with E-state index in [4.69, 9.17) is 9.47 Å². The van der Waals surface area contributed by atoms with Gasteiger partial charge in [0.15, 0.2) is 5.75 Å². The number of carbonyl (C=O) groups is 5. The molecule has 3 N–H and O–H groups in total. The fourth-order valence-electron chi connectivity index (χ4n) is 5.26. The third kappa shape index (κ3) is 5.96. The molecule has 0 spiro atoms. The molecule has 0 aliphatic carbocycles. The van der Waals surface area contributed by atoms with Crippen LogP contribution in [-0.2, 0) is 16.1 Å². The highest BCUT2D eigenvalue weighted by atomic mass is 16.5. The summed E-state index contributed by atoms with van der Waals surface area (Å²) in [5.41, 5.74) is 2.57. The summed E-state index contributed by atoms with van der Waals surface area (Å²) in [6.45, 7) is 0.302. The molecule has 45 heavy (non-hydrogen) atoms. The lowest BCUT2D eigenvalue weighted by Gasteiger charge is -2.27. The van der Waals surface area contributed by atoms with Crippen LogP contribution in [0.4, 0.5) is 11.4 Å². The molecule has 1 saturated heterocycles. The molecule has 11 nitrogen and oxygen atoms in total. The molecule has 0 saturated carbocycles. The van der Waals surface area contributed by atoms with Gasteiger partial charge >= 0.3 is 0 Å². The van der Waals surface area contributed by atoms with Crippen molar-refractivity contribution in [2.24, 2.45) is 0 Å².